The van der Waals surface area contributed by atoms with Gasteiger partial charge in [-0.2, -0.15) is 0 Å². The Kier molecular flexibility index (Phi) is 7.87. The number of rotatable bonds is 7. The zero-order valence-electron chi connectivity index (χ0n) is 101. The highest BCUT2D eigenvalue weighted by molar-refractivity contribution is 6.27. The zero-order valence-corrected chi connectivity index (χ0v) is 55.1. The molecule has 0 aliphatic carbocycles. The van der Waals surface area contributed by atoms with E-state index in [0.29, 0.717) is 0 Å². The van der Waals surface area contributed by atoms with E-state index in [9.17, 15) is 12.3 Å². The van der Waals surface area contributed by atoms with Gasteiger partial charge in [-0.05, 0) is 216 Å². The molecule has 22 aromatic rings. The zero-order chi connectivity index (χ0) is 111. The number of fused-ring (bicyclic) bond motifs is 13. The van der Waals surface area contributed by atoms with Crippen molar-refractivity contribution in [3.05, 3.63) is 411 Å². The quantitative estimate of drug-likeness (QED) is 0.145. The van der Waals surface area contributed by atoms with Gasteiger partial charge in [0, 0.05) is 10.8 Å². The van der Waals surface area contributed by atoms with Crippen molar-refractivity contribution in [1.29, 1.82) is 0 Å². The molecule has 107 heavy (non-hydrogen) atoms. The summed E-state index contributed by atoms with van der Waals surface area (Å²) in [4.78, 5) is 0. The van der Waals surface area contributed by atoms with Crippen LogP contribution in [-0.2, 0) is 0 Å². The molecule has 0 aliphatic heterocycles. The minimum absolute atomic E-state index is 0.537. The van der Waals surface area contributed by atoms with Crippen molar-refractivity contribution in [2.45, 2.75) is 0 Å². The van der Waals surface area contributed by atoms with Gasteiger partial charge in [-0.25, -0.2) is 0 Å². The first kappa shape index (κ1) is 31.5. The van der Waals surface area contributed by atoms with E-state index in [-0.39, 0.29) is 0 Å². The third-order valence-electron chi connectivity index (χ3n) is 18.7. The minimum Gasteiger partial charge on any atom is -0.456 e. The van der Waals surface area contributed by atoms with Gasteiger partial charge in [-0.15, -0.1) is 0 Å². The summed E-state index contributed by atoms with van der Waals surface area (Å²) in [5.74, 6) is 0. The van der Waals surface area contributed by atoms with E-state index in [4.69, 9.17) is 55.1 Å². The molecule has 0 amide bonds. The first-order valence-electron chi connectivity index (χ1n) is 56.2. The topological polar surface area (TPSA) is 13.1 Å². The predicted molar refractivity (Wildman–Crippen MR) is 460 cm³/mol. The standard InChI is InChI=1S/C40H26.C36H22O.C30H20/c1-2-14-29-26-30(25-24-27(29)12-1)32-17-5-6-18-33(32)39-35-19-7-9-21-37(35)40(38-22-10-8-20-36(38)39)34-23-11-15-28-13-3-4-16-31(28)34;1-2-10-24-21-25(18-17-23(24)9-1)35-28-12-3-5-14-30(28)36(31-15-6-4-13-29(31)35)26-19-20-34-32(22-26)27-11-7-8-16-33(27)37-34;1-2-12-22(13-3-1)29-25-16-6-8-18-27(25)30(28-19-9-7-17-26(28)29)24-20-10-14-21-11-4-5-15-23(21)24/h1-26H;1-22H;1-20H/i1D,2D,3D,4D,5D,6D,7D,8D,9D,10D,11D,12D,13D,14D,15D,16D,17D,18D,19D,20D,21D,22D,23D,24D,25D,26D;;1D,2D,3D,4D,5D,6D,7D,8D,9D,10D,11D,12D,13D,14D,15D,16D,17D,18D,19D,20D. The molecule has 0 aliphatic rings. The van der Waals surface area contributed by atoms with Crippen LogP contribution in [-0.4, -0.2) is 0 Å². The Morgan fingerprint density at radius 2 is 0.533 bits per heavy atom. The lowest BCUT2D eigenvalue weighted by atomic mass is 9.83. The van der Waals surface area contributed by atoms with E-state index < -0.39 is 409 Å². The number of para-hydroxylation sites is 1. The van der Waals surface area contributed by atoms with E-state index in [2.05, 4.69) is 121 Å². The van der Waals surface area contributed by atoms with Crippen LogP contribution in [0.4, 0.5) is 0 Å². The molecule has 1 heteroatoms. The Balaban J connectivity index is 0.000000144. The predicted octanol–water partition coefficient (Wildman–Crippen LogP) is 30.2. The van der Waals surface area contributed by atoms with Crippen LogP contribution in [0.25, 0.3) is 208 Å². The van der Waals surface area contributed by atoms with Crippen molar-refractivity contribution in [3.63, 3.8) is 0 Å². The molecule has 0 saturated carbocycles. The molecule has 0 spiro atoms. The Hall–Kier alpha value is -14.0. The summed E-state index contributed by atoms with van der Waals surface area (Å²) in [6.07, 6.45) is 0. The van der Waals surface area contributed by atoms with Gasteiger partial charge in [-0.1, -0.05) is 381 Å². The van der Waals surface area contributed by atoms with E-state index in [0.717, 1.165) is 21.9 Å². The van der Waals surface area contributed by atoms with E-state index in [1.54, 1.807) is 0 Å². The molecule has 22 rings (SSSR count). The maximum absolute atomic E-state index is 9.43. The van der Waals surface area contributed by atoms with Crippen LogP contribution in [0, 0.1) is 0 Å². The van der Waals surface area contributed by atoms with Gasteiger partial charge >= 0.3 is 0 Å². The van der Waals surface area contributed by atoms with E-state index in [1.807, 2.05) is 12.1 Å². The highest BCUT2D eigenvalue weighted by Crippen LogP contribution is 2.50. The largest absolute Gasteiger partial charge is 0.456 e. The van der Waals surface area contributed by atoms with E-state index in [1.165, 1.54) is 54.6 Å². The molecular formula is C106H68O. The number of hydrogen-bond acceptors (Lipinski definition) is 1. The highest BCUT2D eigenvalue weighted by Gasteiger charge is 2.23. The van der Waals surface area contributed by atoms with Crippen molar-refractivity contribution >= 4 is 130 Å². The van der Waals surface area contributed by atoms with Crippen LogP contribution in [0.15, 0.2) is 416 Å². The van der Waals surface area contributed by atoms with Crippen LogP contribution in [0.5, 0.6) is 0 Å². The van der Waals surface area contributed by atoms with Crippen molar-refractivity contribution < 1.29 is 67.5 Å². The van der Waals surface area contributed by atoms with Crippen molar-refractivity contribution in [2.75, 3.05) is 0 Å². The van der Waals surface area contributed by atoms with Gasteiger partial charge in [-0.3, -0.25) is 0 Å². The summed E-state index contributed by atoms with van der Waals surface area (Å²) in [6.45, 7) is 0. The van der Waals surface area contributed by atoms with Gasteiger partial charge in [0.2, 0.25) is 0 Å². The second-order valence-electron chi connectivity index (χ2n) is 24.5. The molecule has 0 atom stereocenters. The van der Waals surface area contributed by atoms with Crippen LogP contribution in [0.1, 0.15) is 63.1 Å². The monoisotopic (exact) mass is 1400 g/mol. The Labute approximate surface area is 685 Å². The first-order valence-corrected chi connectivity index (χ1v) is 33.2. The summed E-state index contributed by atoms with van der Waals surface area (Å²) in [6, 6.07) is 6.27. The average Bonchev–Trinajstić information content (AvgIpc) is 1.11. The molecule has 498 valence electrons. The fraction of sp³-hybridized carbons (Fsp3) is 0. The lowest BCUT2D eigenvalue weighted by Gasteiger charge is -2.20. The Morgan fingerprint density at radius 1 is 0.168 bits per heavy atom. The average molecular weight is 1400 g/mol. The normalized spacial score (nSPS) is 17.6. The van der Waals surface area contributed by atoms with Gasteiger partial charge in [0.25, 0.3) is 0 Å². The molecule has 0 bridgehead atoms. The van der Waals surface area contributed by atoms with E-state index >= 15 is 0 Å². The van der Waals surface area contributed by atoms with Gasteiger partial charge in [0.05, 0.1) is 63.1 Å². The second-order valence-corrected chi connectivity index (χ2v) is 24.5. The maximum atomic E-state index is 9.43. The fourth-order valence-electron chi connectivity index (χ4n) is 14.2. The van der Waals surface area contributed by atoms with Crippen LogP contribution in [0.3, 0.4) is 0 Å². The first-order chi connectivity index (χ1) is 72.2. The highest BCUT2D eigenvalue weighted by atomic mass is 16.3. The van der Waals surface area contributed by atoms with Gasteiger partial charge in [0.15, 0.2) is 0 Å². The minimum atomic E-state index is -1.07. The number of benzene rings is 21. The SMILES string of the molecule is [2H]c1c([2H])c([2H])c(-c2c3c([2H])c([2H])c([2H])c([2H])c3c(-c3c([2H])c([2H])c([2H])c4c([2H])c([2H])c([2H])c([2H])c34)c3c([2H])c([2H])c([2H])c([2H])c23)c(-c2c([2H])c([2H])c3c([2H])c([2H])c([2H])c([2H])c3c2[2H])c1[2H].[2H]c1c([2H])c([2H])c(-c2c3c([2H])c([2H])c([2H])c([2H])c3c(-c3c([2H])c([2H])c([2H])c4c([2H])c([2H])c([2H])c([2H])c34)c3c([2H])c([2H])c([2H])c([2H])c23)c([2H])c1[2H].c1ccc2cc(-c3c4ccccc4c(-c4ccc5oc6ccccc6c5c4)c4ccccc34)ccc2c1. The summed E-state index contributed by atoms with van der Waals surface area (Å²) in [5.41, 5.74) is -0.343. The molecule has 0 N–H and O–H groups in total. The molecule has 0 radical (unpaired) electrons. The van der Waals surface area contributed by atoms with Crippen LogP contribution in [0.2, 0.25) is 0 Å². The molecular weight excluding hydrogens is 1290 g/mol. The molecule has 1 aromatic heterocycles. The van der Waals surface area contributed by atoms with Gasteiger partial charge in [0.1, 0.15) is 11.2 Å². The van der Waals surface area contributed by atoms with Crippen LogP contribution < -0.4 is 0 Å². The number of furan rings is 1. The Morgan fingerprint density at radius 3 is 1.07 bits per heavy atom. The smallest absolute Gasteiger partial charge is 0.135 e. The fourth-order valence-corrected chi connectivity index (χ4v) is 14.2. The Bertz CT molecular complexity index is 9940. The summed E-state index contributed by atoms with van der Waals surface area (Å²) in [5, 5.41) is 0.885. The van der Waals surface area contributed by atoms with Crippen LogP contribution >= 0.6 is 0 Å². The van der Waals surface area contributed by atoms with Crippen molar-refractivity contribution in [1.82, 2.24) is 0 Å². The van der Waals surface area contributed by atoms with Gasteiger partial charge < -0.3 is 4.42 Å². The third kappa shape index (κ3) is 10.9. The molecule has 0 unspecified atom stereocenters. The van der Waals surface area contributed by atoms with Crippen molar-refractivity contribution in [2.24, 2.45) is 0 Å². The lowest BCUT2D eigenvalue weighted by Crippen LogP contribution is -1.93. The summed E-state index contributed by atoms with van der Waals surface area (Å²) >= 11 is 0. The molecule has 21 aromatic carbocycles. The van der Waals surface area contributed by atoms with Crippen molar-refractivity contribution in [3.8, 4) is 77.9 Å². The number of hydrogen-bond donors (Lipinski definition) is 0. The third-order valence-corrected chi connectivity index (χ3v) is 18.7. The maximum Gasteiger partial charge on any atom is 0.135 e. The summed E-state index contributed by atoms with van der Waals surface area (Å²) in [7, 11) is 0. The molecule has 1 nitrogen and oxygen atoms in total. The second kappa shape index (κ2) is 26.7. The molecule has 0 saturated heterocycles. The molecule has 1 heterocycles. The molecule has 0 fully saturated rings. The lowest BCUT2D eigenvalue weighted by molar-refractivity contribution is 0.669. The summed E-state index contributed by atoms with van der Waals surface area (Å²) < 4.78 is 411.